The van der Waals surface area contributed by atoms with Crippen LogP contribution < -0.4 is 5.56 Å². The quantitative estimate of drug-likeness (QED) is 0.398. The van der Waals surface area contributed by atoms with Crippen molar-refractivity contribution in [3.63, 3.8) is 0 Å². The molecule has 8 heteroatoms. The molecule has 0 N–H and O–H groups in total. The molecule has 0 saturated carbocycles. The van der Waals surface area contributed by atoms with Gasteiger partial charge in [0.15, 0.2) is 10.3 Å². The fraction of sp³-hybridized carbons (Fsp3) is 0.0556. The van der Waals surface area contributed by atoms with E-state index in [1.54, 1.807) is 41.2 Å². The van der Waals surface area contributed by atoms with E-state index in [9.17, 15) is 4.79 Å². The summed E-state index contributed by atoms with van der Waals surface area (Å²) in [7, 11) is 0. The third-order valence-electron chi connectivity index (χ3n) is 3.69. The van der Waals surface area contributed by atoms with Crippen LogP contribution in [0.1, 0.15) is 5.69 Å². The summed E-state index contributed by atoms with van der Waals surface area (Å²) in [6.45, 7) is 0. The van der Waals surface area contributed by atoms with Crippen molar-refractivity contribution in [1.29, 1.82) is 0 Å². The number of benzene rings is 1. The third-order valence-corrected chi connectivity index (χ3v) is 4.86. The van der Waals surface area contributed by atoms with Crippen LogP contribution in [0.5, 0.6) is 0 Å². The van der Waals surface area contributed by atoms with Crippen molar-refractivity contribution >= 4 is 34.3 Å². The van der Waals surface area contributed by atoms with E-state index in [4.69, 9.17) is 11.6 Å². The number of aromatic nitrogens is 5. The molecule has 0 unspecified atom stereocenters. The highest BCUT2D eigenvalue weighted by molar-refractivity contribution is 7.98. The Hall–Kier alpha value is -2.77. The number of thioether (sulfide) groups is 1. The molecule has 0 bridgehead atoms. The number of hydrogen-bond acceptors (Lipinski definition) is 6. The Morgan fingerprint density at radius 2 is 1.92 bits per heavy atom. The Bertz CT molecular complexity index is 1120. The summed E-state index contributed by atoms with van der Waals surface area (Å²) in [6.07, 6.45) is 3.31. The second kappa shape index (κ2) is 7.23. The highest BCUT2D eigenvalue weighted by Crippen LogP contribution is 2.23. The number of hydrogen-bond donors (Lipinski definition) is 0. The van der Waals surface area contributed by atoms with Gasteiger partial charge in [0.25, 0.3) is 5.56 Å². The van der Waals surface area contributed by atoms with Crippen LogP contribution in [0.2, 0.25) is 5.15 Å². The molecule has 26 heavy (non-hydrogen) atoms. The second-order valence-electron chi connectivity index (χ2n) is 5.40. The fourth-order valence-corrected chi connectivity index (χ4v) is 3.49. The van der Waals surface area contributed by atoms with E-state index in [2.05, 4.69) is 20.2 Å². The van der Waals surface area contributed by atoms with Crippen LogP contribution in [0.15, 0.2) is 70.9 Å². The zero-order valence-corrected chi connectivity index (χ0v) is 15.0. The minimum atomic E-state index is -0.131. The van der Waals surface area contributed by atoms with Crippen LogP contribution in [0.3, 0.4) is 0 Å². The Morgan fingerprint density at radius 3 is 2.69 bits per heavy atom. The number of rotatable bonds is 4. The SMILES string of the molecule is O=c1c2ccccc2nc(SCc2ccc(Cl)nn2)n1-c1cccnc1. The maximum atomic E-state index is 13.0. The molecule has 0 saturated heterocycles. The number of pyridine rings is 1. The summed E-state index contributed by atoms with van der Waals surface area (Å²) in [6, 6.07) is 14.4. The van der Waals surface area contributed by atoms with Gasteiger partial charge in [-0.2, -0.15) is 5.10 Å². The Balaban J connectivity index is 1.81. The highest BCUT2D eigenvalue weighted by atomic mass is 35.5. The zero-order valence-electron chi connectivity index (χ0n) is 13.4. The van der Waals surface area contributed by atoms with Gasteiger partial charge in [-0.05, 0) is 36.4 Å². The van der Waals surface area contributed by atoms with E-state index in [0.29, 0.717) is 32.7 Å². The van der Waals surface area contributed by atoms with Crippen LogP contribution in [0, 0.1) is 0 Å². The summed E-state index contributed by atoms with van der Waals surface area (Å²) in [4.78, 5) is 21.8. The summed E-state index contributed by atoms with van der Waals surface area (Å²) < 4.78 is 1.57. The van der Waals surface area contributed by atoms with Crippen molar-refractivity contribution in [2.45, 2.75) is 10.9 Å². The molecule has 0 spiro atoms. The number of nitrogens with zero attached hydrogens (tertiary/aromatic N) is 5. The molecule has 128 valence electrons. The molecule has 3 aromatic heterocycles. The van der Waals surface area contributed by atoms with Gasteiger partial charge in [-0.1, -0.05) is 35.5 Å². The van der Waals surface area contributed by atoms with Crippen molar-refractivity contribution in [1.82, 2.24) is 24.7 Å². The van der Waals surface area contributed by atoms with E-state index in [1.165, 1.54) is 11.8 Å². The number of fused-ring (bicyclic) bond motifs is 1. The monoisotopic (exact) mass is 381 g/mol. The Morgan fingerprint density at radius 1 is 1.04 bits per heavy atom. The van der Waals surface area contributed by atoms with E-state index in [0.717, 1.165) is 5.69 Å². The van der Waals surface area contributed by atoms with Crippen molar-refractivity contribution in [3.8, 4) is 5.69 Å². The van der Waals surface area contributed by atoms with E-state index < -0.39 is 0 Å². The number of para-hydroxylation sites is 1. The Labute approximate surface area is 157 Å². The molecule has 0 radical (unpaired) electrons. The van der Waals surface area contributed by atoms with E-state index in [-0.39, 0.29) is 5.56 Å². The second-order valence-corrected chi connectivity index (χ2v) is 6.73. The first-order chi connectivity index (χ1) is 12.7. The van der Waals surface area contributed by atoms with Crippen LogP contribution in [-0.4, -0.2) is 24.7 Å². The molecule has 6 nitrogen and oxygen atoms in total. The lowest BCUT2D eigenvalue weighted by Crippen LogP contribution is -2.21. The lowest BCUT2D eigenvalue weighted by Gasteiger charge is -2.12. The first-order valence-corrected chi connectivity index (χ1v) is 9.12. The summed E-state index contributed by atoms with van der Waals surface area (Å²) in [5, 5.41) is 9.37. The molecule has 0 atom stereocenters. The third kappa shape index (κ3) is 3.31. The summed E-state index contributed by atoms with van der Waals surface area (Å²) in [5.41, 5.74) is 1.94. The van der Waals surface area contributed by atoms with Gasteiger partial charge in [0.1, 0.15) is 0 Å². The summed E-state index contributed by atoms with van der Waals surface area (Å²) in [5.74, 6) is 0.509. The molecule has 3 heterocycles. The molecule has 0 amide bonds. The molecule has 0 aliphatic carbocycles. The average molecular weight is 382 g/mol. The van der Waals surface area contributed by atoms with Gasteiger partial charge in [0, 0.05) is 11.9 Å². The molecule has 0 aliphatic heterocycles. The van der Waals surface area contributed by atoms with Crippen LogP contribution in [0.25, 0.3) is 16.6 Å². The van der Waals surface area contributed by atoms with Crippen molar-refractivity contribution in [3.05, 3.63) is 82.1 Å². The maximum absolute atomic E-state index is 13.0. The standard InChI is InChI=1S/C18H12ClN5OS/c19-16-8-7-12(22-23-16)11-26-18-21-15-6-2-1-5-14(15)17(25)24(18)13-4-3-9-20-10-13/h1-10H,11H2. The lowest BCUT2D eigenvalue weighted by molar-refractivity contribution is 0.814. The van der Waals surface area contributed by atoms with Gasteiger partial charge in [0.05, 0.1) is 28.5 Å². The van der Waals surface area contributed by atoms with Crippen LogP contribution in [-0.2, 0) is 5.75 Å². The largest absolute Gasteiger partial charge is 0.268 e. The smallest absolute Gasteiger partial charge is 0.266 e. The van der Waals surface area contributed by atoms with Crippen molar-refractivity contribution in [2.24, 2.45) is 0 Å². The van der Waals surface area contributed by atoms with Gasteiger partial charge < -0.3 is 0 Å². The predicted octanol–water partition coefficient (Wildman–Crippen LogP) is 3.52. The molecular formula is C18H12ClN5OS. The molecule has 4 aromatic rings. The number of halogens is 1. The summed E-state index contributed by atoms with van der Waals surface area (Å²) >= 11 is 7.18. The zero-order chi connectivity index (χ0) is 17.9. The molecular weight excluding hydrogens is 370 g/mol. The molecule has 1 aromatic carbocycles. The van der Waals surface area contributed by atoms with Gasteiger partial charge in [-0.25, -0.2) is 4.98 Å². The maximum Gasteiger partial charge on any atom is 0.266 e. The minimum Gasteiger partial charge on any atom is -0.268 e. The van der Waals surface area contributed by atoms with Crippen molar-refractivity contribution in [2.75, 3.05) is 0 Å². The van der Waals surface area contributed by atoms with Crippen LogP contribution in [0.4, 0.5) is 0 Å². The van der Waals surface area contributed by atoms with E-state index in [1.807, 2.05) is 24.3 Å². The first-order valence-electron chi connectivity index (χ1n) is 7.75. The van der Waals surface area contributed by atoms with Gasteiger partial charge in [0.2, 0.25) is 0 Å². The minimum absolute atomic E-state index is 0.131. The fourth-order valence-electron chi connectivity index (χ4n) is 2.48. The molecule has 4 rings (SSSR count). The van der Waals surface area contributed by atoms with Crippen LogP contribution >= 0.6 is 23.4 Å². The van der Waals surface area contributed by atoms with Gasteiger partial charge in [-0.3, -0.25) is 14.3 Å². The van der Waals surface area contributed by atoms with Gasteiger partial charge in [-0.15, -0.1) is 5.10 Å². The van der Waals surface area contributed by atoms with E-state index >= 15 is 0 Å². The molecule has 0 fully saturated rings. The highest BCUT2D eigenvalue weighted by Gasteiger charge is 2.13. The first kappa shape index (κ1) is 16.7. The predicted molar refractivity (Wildman–Crippen MR) is 102 cm³/mol. The van der Waals surface area contributed by atoms with Gasteiger partial charge >= 0.3 is 0 Å². The average Bonchev–Trinajstić information content (AvgIpc) is 2.68. The lowest BCUT2D eigenvalue weighted by atomic mass is 10.2. The normalized spacial score (nSPS) is 11.0. The Kier molecular flexibility index (Phi) is 4.64. The molecule has 0 aliphatic rings. The van der Waals surface area contributed by atoms with Crippen molar-refractivity contribution < 1.29 is 0 Å². The topological polar surface area (TPSA) is 73.6 Å².